The van der Waals surface area contributed by atoms with E-state index in [0.29, 0.717) is 33.9 Å². The molecule has 132 valence electrons. The maximum Gasteiger partial charge on any atom is 0.273 e. The summed E-state index contributed by atoms with van der Waals surface area (Å²) in [5.74, 6) is 1.12. The molecule has 0 bridgehead atoms. The van der Waals surface area contributed by atoms with Crippen molar-refractivity contribution in [2.75, 3.05) is 0 Å². The van der Waals surface area contributed by atoms with Gasteiger partial charge in [-0.3, -0.25) is 14.7 Å². The molecule has 0 aliphatic carbocycles. The molecule has 0 N–H and O–H groups in total. The van der Waals surface area contributed by atoms with Crippen LogP contribution in [0.1, 0.15) is 5.56 Å². The summed E-state index contributed by atoms with van der Waals surface area (Å²) in [6.07, 6.45) is 1.76. The number of hydrogen-bond acceptors (Lipinski definition) is 5. The minimum Gasteiger partial charge on any atom is -0.298 e. The van der Waals surface area contributed by atoms with Crippen molar-refractivity contribution >= 4 is 29.1 Å². The van der Waals surface area contributed by atoms with Gasteiger partial charge in [0.2, 0.25) is 0 Å². The number of nitro groups is 1. The van der Waals surface area contributed by atoms with Gasteiger partial charge in [0.1, 0.15) is 0 Å². The minimum atomic E-state index is -0.372. The smallest absolute Gasteiger partial charge is 0.273 e. The molecule has 0 aliphatic heterocycles. The zero-order valence-electron chi connectivity index (χ0n) is 13.7. The predicted octanol–water partition coefficient (Wildman–Crippen LogP) is 4.99. The number of halogens is 1. The Labute approximate surface area is 159 Å². The fourth-order valence-electron chi connectivity index (χ4n) is 2.45. The summed E-state index contributed by atoms with van der Waals surface area (Å²) in [6, 6.07) is 14.0. The highest BCUT2D eigenvalue weighted by atomic mass is 35.5. The molecule has 0 aliphatic rings. The van der Waals surface area contributed by atoms with Gasteiger partial charge in [-0.25, -0.2) is 0 Å². The van der Waals surface area contributed by atoms with E-state index in [1.54, 1.807) is 36.4 Å². The summed E-state index contributed by atoms with van der Waals surface area (Å²) >= 11 is 7.35. The van der Waals surface area contributed by atoms with E-state index in [9.17, 15) is 10.1 Å². The number of nitro benzene ring substituents is 1. The molecule has 26 heavy (non-hydrogen) atoms. The summed E-state index contributed by atoms with van der Waals surface area (Å²) in [6.45, 7) is 4.32. The van der Waals surface area contributed by atoms with Crippen molar-refractivity contribution in [2.45, 2.75) is 17.5 Å². The Hall–Kier alpha value is -2.64. The maximum absolute atomic E-state index is 11.2. The van der Waals surface area contributed by atoms with E-state index >= 15 is 0 Å². The van der Waals surface area contributed by atoms with Gasteiger partial charge in [0, 0.05) is 34.5 Å². The van der Waals surface area contributed by atoms with Crippen molar-refractivity contribution in [3.8, 4) is 11.4 Å². The molecule has 0 saturated heterocycles. The van der Waals surface area contributed by atoms with Gasteiger partial charge in [0.15, 0.2) is 11.0 Å². The number of thioether (sulfide) groups is 1. The summed E-state index contributed by atoms with van der Waals surface area (Å²) in [5.41, 5.74) is 1.64. The van der Waals surface area contributed by atoms with Crippen molar-refractivity contribution in [3.63, 3.8) is 0 Å². The molecule has 3 aromatic rings. The number of allylic oxidation sites excluding steroid dienone is 1. The average Bonchev–Trinajstić information content (AvgIpc) is 3.04. The fraction of sp³-hybridized carbons (Fsp3) is 0.111. The van der Waals surface area contributed by atoms with Gasteiger partial charge >= 0.3 is 0 Å². The number of benzene rings is 2. The molecule has 1 heterocycles. The second kappa shape index (κ2) is 8.16. The third-order valence-corrected chi connectivity index (χ3v) is 4.94. The first-order valence-corrected chi connectivity index (χ1v) is 9.11. The monoisotopic (exact) mass is 386 g/mol. The predicted molar refractivity (Wildman–Crippen MR) is 103 cm³/mol. The molecule has 0 amide bonds. The average molecular weight is 387 g/mol. The molecule has 3 rings (SSSR count). The Morgan fingerprint density at radius 3 is 2.62 bits per heavy atom. The van der Waals surface area contributed by atoms with Gasteiger partial charge in [0.25, 0.3) is 5.69 Å². The molecule has 0 saturated carbocycles. The lowest BCUT2D eigenvalue weighted by Crippen LogP contribution is -2.01. The van der Waals surface area contributed by atoms with Crippen LogP contribution in [-0.2, 0) is 12.3 Å². The highest BCUT2D eigenvalue weighted by Gasteiger charge is 2.17. The molecular formula is C18H15ClN4O2S. The van der Waals surface area contributed by atoms with E-state index in [1.165, 1.54) is 17.8 Å². The topological polar surface area (TPSA) is 73.8 Å². The van der Waals surface area contributed by atoms with Crippen LogP contribution < -0.4 is 0 Å². The molecular weight excluding hydrogens is 372 g/mol. The molecule has 1 aromatic heterocycles. The molecule has 0 spiro atoms. The lowest BCUT2D eigenvalue weighted by atomic mass is 10.2. The minimum absolute atomic E-state index is 0.104. The quantitative estimate of drug-likeness (QED) is 0.247. The van der Waals surface area contributed by atoms with Crippen molar-refractivity contribution in [2.24, 2.45) is 0 Å². The van der Waals surface area contributed by atoms with Crippen molar-refractivity contribution in [1.82, 2.24) is 14.8 Å². The van der Waals surface area contributed by atoms with E-state index < -0.39 is 0 Å². The highest BCUT2D eigenvalue weighted by molar-refractivity contribution is 7.98. The Kier molecular flexibility index (Phi) is 5.70. The zero-order chi connectivity index (χ0) is 18.5. The lowest BCUT2D eigenvalue weighted by Gasteiger charge is -2.08. The van der Waals surface area contributed by atoms with Gasteiger partial charge < -0.3 is 0 Å². The Morgan fingerprint density at radius 2 is 1.92 bits per heavy atom. The van der Waals surface area contributed by atoms with Crippen LogP contribution in [0.4, 0.5) is 5.69 Å². The van der Waals surface area contributed by atoms with Gasteiger partial charge in [-0.1, -0.05) is 47.6 Å². The first-order valence-electron chi connectivity index (χ1n) is 7.75. The summed E-state index contributed by atoms with van der Waals surface area (Å²) in [5, 5.41) is 21.0. The van der Waals surface area contributed by atoms with E-state index in [4.69, 9.17) is 11.6 Å². The zero-order valence-corrected chi connectivity index (χ0v) is 15.3. The molecule has 2 aromatic carbocycles. The number of aromatic nitrogens is 3. The second-order valence-corrected chi connectivity index (χ2v) is 6.77. The first-order chi connectivity index (χ1) is 12.6. The normalized spacial score (nSPS) is 10.7. The standard InChI is InChI=1S/C18H15ClN4O2S/c1-2-11-22-17(13-7-9-15(19)10-8-13)20-21-18(22)26-12-14-5-3-4-6-16(14)23(24)25/h2-10H,1,11-12H2. The number of nitrogens with zero attached hydrogens (tertiary/aromatic N) is 4. The van der Waals surface area contributed by atoms with Gasteiger partial charge in [-0.2, -0.15) is 0 Å². The van der Waals surface area contributed by atoms with Crippen LogP contribution in [0.3, 0.4) is 0 Å². The molecule has 0 fully saturated rings. The van der Waals surface area contributed by atoms with Gasteiger partial charge in [-0.05, 0) is 24.3 Å². The van der Waals surface area contributed by atoms with Crippen LogP contribution in [0, 0.1) is 10.1 Å². The summed E-state index contributed by atoms with van der Waals surface area (Å²) in [4.78, 5) is 10.8. The Balaban J connectivity index is 1.88. The van der Waals surface area contributed by atoms with E-state index in [1.807, 2.05) is 16.7 Å². The van der Waals surface area contributed by atoms with Crippen LogP contribution >= 0.6 is 23.4 Å². The Morgan fingerprint density at radius 1 is 1.19 bits per heavy atom. The first kappa shape index (κ1) is 18.2. The van der Waals surface area contributed by atoms with Crippen LogP contribution in [0.5, 0.6) is 0 Å². The maximum atomic E-state index is 11.2. The van der Waals surface area contributed by atoms with Crippen LogP contribution in [0.25, 0.3) is 11.4 Å². The highest BCUT2D eigenvalue weighted by Crippen LogP contribution is 2.29. The second-order valence-electron chi connectivity index (χ2n) is 5.39. The van der Waals surface area contributed by atoms with Crippen molar-refractivity contribution < 1.29 is 4.92 Å². The lowest BCUT2D eigenvalue weighted by molar-refractivity contribution is -0.385. The van der Waals surface area contributed by atoms with Crippen LogP contribution in [-0.4, -0.2) is 19.7 Å². The molecule has 0 unspecified atom stereocenters. The van der Waals surface area contributed by atoms with E-state index in [-0.39, 0.29) is 10.6 Å². The summed E-state index contributed by atoms with van der Waals surface area (Å²) in [7, 11) is 0. The third-order valence-electron chi connectivity index (χ3n) is 3.68. The fourth-order valence-corrected chi connectivity index (χ4v) is 3.53. The van der Waals surface area contributed by atoms with Crippen LogP contribution in [0.2, 0.25) is 5.02 Å². The van der Waals surface area contributed by atoms with Crippen molar-refractivity contribution in [3.05, 3.63) is 81.9 Å². The number of para-hydroxylation sites is 1. The summed E-state index contributed by atoms with van der Waals surface area (Å²) < 4.78 is 1.93. The molecule has 0 atom stereocenters. The largest absolute Gasteiger partial charge is 0.298 e. The van der Waals surface area contributed by atoms with E-state index in [2.05, 4.69) is 16.8 Å². The van der Waals surface area contributed by atoms with Gasteiger partial charge in [0.05, 0.1) is 4.92 Å². The third kappa shape index (κ3) is 3.95. The van der Waals surface area contributed by atoms with Gasteiger partial charge in [-0.15, -0.1) is 16.8 Å². The molecule has 6 nitrogen and oxygen atoms in total. The molecule has 0 radical (unpaired) electrons. The SMILES string of the molecule is C=CCn1c(SCc2ccccc2[N+](=O)[O-])nnc1-c1ccc(Cl)cc1. The molecule has 8 heteroatoms. The van der Waals surface area contributed by atoms with Crippen LogP contribution in [0.15, 0.2) is 66.3 Å². The van der Waals surface area contributed by atoms with Crippen molar-refractivity contribution in [1.29, 1.82) is 0 Å². The number of rotatable bonds is 7. The number of hydrogen-bond donors (Lipinski definition) is 0. The van der Waals surface area contributed by atoms with E-state index in [0.717, 1.165) is 5.56 Å². The Bertz CT molecular complexity index is 941.